The van der Waals surface area contributed by atoms with Crippen LogP contribution in [0.4, 0.5) is 0 Å². The molecule has 0 radical (unpaired) electrons. The minimum Gasteiger partial charge on any atom is -0.351 e. The molecule has 106 valence electrons. The second kappa shape index (κ2) is 5.60. The Labute approximate surface area is 127 Å². The number of H-pyrrole nitrogens is 1. The van der Waals surface area contributed by atoms with Crippen molar-refractivity contribution < 1.29 is 4.79 Å². The fourth-order valence-electron chi connectivity index (χ4n) is 3.04. The van der Waals surface area contributed by atoms with Crippen molar-refractivity contribution in [3.05, 3.63) is 34.4 Å². The average Bonchev–Trinajstić information content (AvgIpc) is 2.89. The van der Waals surface area contributed by atoms with Crippen molar-refractivity contribution in [3.8, 4) is 0 Å². The Bertz CT molecular complexity index is 628. The molecule has 1 N–H and O–H groups in total. The van der Waals surface area contributed by atoms with Crippen molar-refractivity contribution >= 4 is 32.7 Å². The van der Waals surface area contributed by atoms with E-state index in [1.807, 2.05) is 36.2 Å². The summed E-state index contributed by atoms with van der Waals surface area (Å²) in [5, 5.41) is 1.07. The maximum absolute atomic E-state index is 12.6. The van der Waals surface area contributed by atoms with E-state index >= 15 is 0 Å². The van der Waals surface area contributed by atoms with E-state index < -0.39 is 0 Å². The molecule has 0 spiro atoms. The molecule has 0 unspecified atom stereocenters. The van der Waals surface area contributed by atoms with Crippen LogP contribution in [0.25, 0.3) is 10.9 Å². The van der Waals surface area contributed by atoms with E-state index in [4.69, 9.17) is 0 Å². The van der Waals surface area contributed by atoms with Gasteiger partial charge in [-0.15, -0.1) is 0 Å². The molecule has 0 atom stereocenters. The zero-order valence-corrected chi connectivity index (χ0v) is 13.2. The fraction of sp³-hybridized carbons (Fsp3) is 0.438. The van der Waals surface area contributed by atoms with Gasteiger partial charge in [-0.25, -0.2) is 0 Å². The highest BCUT2D eigenvalue weighted by molar-refractivity contribution is 9.10. The molecule has 1 aliphatic carbocycles. The van der Waals surface area contributed by atoms with E-state index in [9.17, 15) is 4.79 Å². The summed E-state index contributed by atoms with van der Waals surface area (Å²) in [6.45, 7) is 0. The molecule has 20 heavy (non-hydrogen) atoms. The maximum Gasteiger partial charge on any atom is 0.270 e. The van der Waals surface area contributed by atoms with Crippen molar-refractivity contribution in [3.63, 3.8) is 0 Å². The number of aromatic nitrogens is 1. The first-order valence-corrected chi connectivity index (χ1v) is 8.00. The third-order valence-corrected chi connectivity index (χ3v) is 4.75. The Morgan fingerprint density at radius 2 is 2.00 bits per heavy atom. The van der Waals surface area contributed by atoms with Crippen LogP contribution in [0.15, 0.2) is 28.7 Å². The molecular weight excluding hydrogens is 316 g/mol. The van der Waals surface area contributed by atoms with Gasteiger partial charge < -0.3 is 9.88 Å². The van der Waals surface area contributed by atoms with E-state index in [1.165, 1.54) is 19.3 Å². The van der Waals surface area contributed by atoms with Gasteiger partial charge in [0, 0.05) is 28.5 Å². The SMILES string of the molecule is CN(C(=O)c1cc2cc(Br)ccc2[nH]1)C1CCCCC1. The predicted molar refractivity (Wildman–Crippen MR) is 85.0 cm³/mol. The Morgan fingerprint density at radius 1 is 1.25 bits per heavy atom. The van der Waals surface area contributed by atoms with E-state index in [0.29, 0.717) is 11.7 Å². The van der Waals surface area contributed by atoms with Gasteiger partial charge in [-0.3, -0.25) is 4.79 Å². The second-order valence-electron chi connectivity index (χ2n) is 5.62. The van der Waals surface area contributed by atoms with Crippen molar-refractivity contribution in [2.24, 2.45) is 0 Å². The lowest BCUT2D eigenvalue weighted by atomic mass is 9.94. The van der Waals surface area contributed by atoms with E-state index in [2.05, 4.69) is 20.9 Å². The van der Waals surface area contributed by atoms with Crippen LogP contribution in [-0.4, -0.2) is 28.9 Å². The number of hydrogen-bond acceptors (Lipinski definition) is 1. The van der Waals surface area contributed by atoms with Gasteiger partial charge in [0.15, 0.2) is 0 Å². The zero-order chi connectivity index (χ0) is 14.1. The van der Waals surface area contributed by atoms with Crippen molar-refractivity contribution in [1.29, 1.82) is 0 Å². The highest BCUT2D eigenvalue weighted by Crippen LogP contribution is 2.25. The molecule has 0 saturated heterocycles. The van der Waals surface area contributed by atoms with Gasteiger partial charge in [0.25, 0.3) is 5.91 Å². The lowest BCUT2D eigenvalue weighted by Gasteiger charge is -2.30. The molecule has 2 aromatic rings. The van der Waals surface area contributed by atoms with Gasteiger partial charge >= 0.3 is 0 Å². The normalized spacial score (nSPS) is 16.5. The summed E-state index contributed by atoms with van der Waals surface area (Å²) in [6, 6.07) is 8.36. The number of carbonyl (C=O) groups is 1. The summed E-state index contributed by atoms with van der Waals surface area (Å²) < 4.78 is 1.03. The Hall–Kier alpha value is -1.29. The van der Waals surface area contributed by atoms with Gasteiger partial charge in [0.1, 0.15) is 5.69 Å². The molecule has 1 heterocycles. The van der Waals surface area contributed by atoms with Gasteiger partial charge in [-0.1, -0.05) is 35.2 Å². The number of benzene rings is 1. The summed E-state index contributed by atoms with van der Waals surface area (Å²) >= 11 is 3.46. The monoisotopic (exact) mass is 334 g/mol. The largest absolute Gasteiger partial charge is 0.351 e. The van der Waals surface area contributed by atoms with E-state index in [0.717, 1.165) is 28.2 Å². The number of fused-ring (bicyclic) bond motifs is 1. The number of nitrogens with zero attached hydrogens (tertiary/aromatic N) is 1. The highest BCUT2D eigenvalue weighted by Gasteiger charge is 2.23. The van der Waals surface area contributed by atoms with Crippen molar-refractivity contribution in [2.45, 2.75) is 38.1 Å². The summed E-state index contributed by atoms with van der Waals surface area (Å²) in [4.78, 5) is 17.7. The molecule has 0 bridgehead atoms. The topological polar surface area (TPSA) is 36.1 Å². The molecule has 3 nitrogen and oxygen atoms in total. The third kappa shape index (κ3) is 2.62. The number of aromatic amines is 1. The number of amides is 1. The molecule has 1 aromatic carbocycles. The van der Waals surface area contributed by atoms with Gasteiger partial charge in [-0.05, 0) is 37.1 Å². The van der Waals surface area contributed by atoms with Crippen LogP contribution in [0.1, 0.15) is 42.6 Å². The van der Waals surface area contributed by atoms with Gasteiger partial charge in [0.2, 0.25) is 0 Å². The lowest BCUT2D eigenvalue weighted by Crippen LogP contribution is -2.38. The summed E-state index contributed by atoms with van der Waals surface area (Å²) in [6.07, 6.45) is 6.05. The van der Waals surface area contributed by atoms with Crippen LogP contribution in [0.5, 0.6) is 0 Å². The number of rotatable bonds is 2. The predicted octanol–water partition coefficient (Wildman–Crippen LogP) is 4.34. The molecule has 4 heteroatoms. The van der Waals surface area contributed by atoms with Crippen molar-refractivity contribution in [1.82, 2.24) is 9.88 Å². The molecule has 1 fully saturated rings. The van der Waals surface area contributed by atoms with E-state index in [-0.39, 0.29) is 5.91 Å². The number of nitrogens with one attached hydrogen (secondary N) is 1. The van der Waals surface area contributed by atoms with Gasteiger partial charge in [-0.2, -0.15) is 0 Å². The maximum atomic E-state index is 12.6. The molecule has 1 saturated carbocycles. The Morgan fingerprint density at radius 3 is 2.75 bits per heavy atom. The van der Waals surface area contributed by atoms with Crippen LogP contribution in [-0.2, 0) is 0 Å². The molecule has 1 aliphatic rings. The molecule has 0 aliphatic heterocycles. The fourth-order valence-corrected chi connectivity index (χ4v) is 3.42. The smallest absolute Gasteiger partial charge is 0.270 e. The minimum absolute atomic E-state index is 0.101. The third-order valence-electron chi connectivity index (χ3n) is 4.26. The highest BCUT2D eigenvalue weighted by atomic mass is 79.9. The minimum atomic E-state index is 0.101. The van der Waals surface area contributed by atoms with Crippen LogP contribution in [0.3, 0.4) is 0 Å². The molecule has 1 amide bonds. The molecule has 3 rings (SSSR count). The first-order valence-electron chi connectivity index (χ1n) is 7.20. The van der Waals surface area contributed by atoms with Gasteiger partial charge in [0.05, 0.1) is 0 Å². The first kappa shape index (κ1) is 13.7. The van der Waals surface area contributed by atoms with Crippen LogP contribution < -0.4 is 0 Å². The van der Waals surface area contributed by atoms with Crippen LogP contribution >= 0.6 is 15.9 Å². The second-order valence-corrected chi connectivity index (χ2v) is 6.54. The first-order chi connectivity index (χ1) is 9.65. The standard InChI is InChI=1S/C16H19BrN2O/c1-19(13-5-3-2-4-6-13)16(20)15-10-11-9-12(17)7-8-14(11)18-15/h7-10,13,18H,2-6H2,1H3. The Kier molecular flexibility index (Phi) is 3.83. The van der Waals surface area contributed by atoms with E-state index in [1.54, 1.807) is 0 Å². The summed E-state index contributed by atoms with van der Waals surface area (Å²) in [5.41, 5.74) is 1.69. The van der Waals surface area contributed by atoms with Crippen LogP contribution in [0, 0.1) is 0 Å². The Balaban J connectivity index is 1.84. The average molecular weight is 335 g/mol. The van der Waals surface area contributed by atoms with Crippen LogP contribution in [0.2, 0.25) is 0 Å². The zero-order valence-electron chi connectivity index (χ0n) is 11.7. The number of hydrogen-bond donors (Lipinski definition) is 1. The van der Waals surface area contributed by atoms with Crippen molar-refractivity contribution in [2.75, 3.05) is 7.05 Å². The molecule has 1 aromatic heterocycles. The number of carbonyl (C=O) groups excluding carboxylic acids is 1. The lowest BCUT2D eigenvalue weighted by molar-refractivity contribution is 0.0691. The quantitative estimate of drug-likeness (QED) is 0.871. The molecular formula is C16H19BrN2O. The summed E-state index contributed by atoms with van der Waals surface area (Å²) in [5.74, 6) is 0.101. The summed E-state index contributed by atoms with van der Waals surface area (Å²) in [7, 11) is 1.93. The number of halogens is 1.